The highest BCUT2D eigenvalue weighted by atomic mass is 16.5. The van der Waals surface area contributed by atoms with Crippen LogP contribution < -0.4 is 20.9 Å². The van der Waals surface area contributed by atoms with Crippen LogP contribution >= 0.6 is 0 Å². The molecular formula is C22H22N4O3. The fraction of sp³-hybridized carbons (Fsp3) is 0.318. The van der Waals surface area contributed by atoms with Crippen LogP contribution in [0.2, 0.25) is 0 Å². The average Bonchev–Trinajstić information content (AvgIpc) is 2.94. The molecular weight excluding hydrogens is 368 g/mol. The van der Waals surface area contributed by atoms with Gasteiger partial charge in [-0.05, 0) is 19.4 Å². The van der Waals surface area contributed by atoms with Gasteiger partial charge in [0.15, 0.2) is 5.41 Å². The number of benzene rings is 1. The van der Waals surface area contributed by atoms with Crippen LogP contribution in [0.25, 0.3) is 0 Å². The standard InChI is InChI=1S/C22H22N4O3/c1-4-5-10-26-16-9-7-6-8-14(16)22(21(26)28)15(12-23)19(24)29-17-11-13(2)25(3)20(27)18(17)22/h6-9,11H,4-5,10,24H2,1-3H3. The van der Waals surface area contributed by atoms with Crippen molar-refractivity contribution in [3.05, 3.63) is 69.0 Å². The van der Waals surface area contributed by atoms with Gasteiger partial charge in [-0.15, -0.1) is 0 Å². The van der Waals surface area contributed by atoms with Crippen LogP contribution in [-0.2, 0) is 17.3 Å². The topological polar surface area (TPSA) is 101 Å². The van der Waals surface area contributed by atoms with E-state index in [9.17, 15) is 14.9 Å². The molecule has 0 saturated heterocycles. The smallest absolute Gasteiger partial charge is 0.259 e. The summed E-state index contributed by atoms with van der Waals surface area (Å²) < 4.78 is 7.13. The second kappa shape index (κ2) is 6.52. The lowest BCUT2D eigenvalue weighted by atomic mass is 9.69. The Morgan fingerprint density at radius 1 is 1.28 bits per heavy atom. The zero-order valence-electron chi connectivity index (χ0n) is 16.7. The number of nitriles is 1. The zero-order valence-corrected chi connectivity index (χ0v) is 16.7. The lowest BCUT2D eigenvalue weighted by molar-refractivity contribution is -0.121. The Morgan fingerprint density at radius 3 is 2.69 bits per heavy atom. The van der Waals surface area contributed by atoms with Crippen LogP contribution in [-0.4, -0.2) is 17.0 Å². The van der Waals surface area contributed by atoms with Gasteiger partial charge in [0, 0.05) is 36.6 Å². The van der Waals surface area contributed by atoms with Crippen LogP contribution in [0, 0.1) is 18.3 Å². The Balaban J connectivity index is 2.15. The maximum absolute atomic E-state index is 14.0. The average molecular weight is 390 g/mol. The first-order chi connectivity index (χ1) is 13.9. The number of anilines is 1. The van der Waals surface area contributed by atoms with Crippen molar-refractivity contribution in [3.63, 3.8) is 0 Å². The Bertz CT molecular complexity index is 1170. The summed E-state index contributed by atoms with van der Waals surface area (Å²) in [4.78, 5) is 29.0. The predicted octanol–water partition coefficient (Wildman–Crippen LogP) is 2.21. The second-order valence-electron chi connectivity index (χ2n) is 7.42. The lowest BCUT2D eigenvalue weighted by Gasteiger charge is -2.34. The molecule has 0 radical (unpaired) electrons. The number of para-hydroxylation sites is 1. The van der Waals surface area contributed by atoms with Crippen molar-refractivity contribution >= 4 is 11.6 Å². The number of carbonyl (C=O) groups excluding carboxylic acids is 1. The highest BCUT2D eigenvalue weighted by Crippen LogP contribution is 2.54. The predicted molar refractivity (Wildman–Crippen MR) is 108 cm³/mol. The number of ether oxygens (including phenoxy) is 1. The molecule has 7 nitrogen and oxygen atoms in total. The number of hydrogen-bond acceptors (Lipinski definition) is 5. The highest BCUT2D eigenvalue weighted by Gasteiger charge is 2.60. The summed E-state index contributed by atoms with van der Waals surface area (Å²) in [5.74, 6) is -0.257. The third-order valence-electron chi connectivity index (χ3n) is 5.86. The van der Waals surface area contributed by atoms with E-state index in [-0.39, 0.29) is 34.2 Å². The fourth-order valence-corrected chi connectivity index (χ4v) is 4.31. The number of aryl methyl sites for hydroxylation is 1. The minimum Gasteiger partial charge on any atom is -0.440 e. The molecule has 0 fully saturated rings. The molecule has 0 saturated carbocycles. The minimum absolute atomic E-state index is 0.0394. The van der Waals surface area contributed by atoms with E-state index < -0.39 is 5.41 Å². The van der Waals surface area contributed by atoms with Gasteiger partial charge in [0.1, 0.15) is 17.4 Å². The molecule has 0 aliphatic carbocycles. The monoisotopic (exact) mass is 390 g/mol. The molecule has 2 aliphatic heterocycles. The minimum atomic E-state index is -1.60. The summed E-state index contributed by atoms with van der Waals surface area (Å²) in [6.07, 6.45) is 1.70. The molecule has 0 bridgehead atoms. The third kappa shape index (κ3) is 2.29. The Kier molecular flexibility index (Phi) is 4.23. The molecule has 1 aromatic heterocycles. The van der Waals surface area contributed by atoms with E-state index in [1.165, 1.54) is 4.57 Å². The van der Waals surface area contributed by atoms with E-state index in [4.69, 9.17) is 10.5 Å². The second-order valence-corrected chi connectivity index (χ2v) is 7.42. The first-order valence-corrected chi connectivity index (χ1v) is 9.60. The summed E-state index contributed by atoms with van der Waals surface area (Å²) in [7, 11) is 1.64. The van der Waals surface area contributed by atoms with Crippen molar-refractivity contribution in [1.82, 2.24) is 4.57 Å². The van der Waals surface area contributed by atoms with Crippen molar-refractivity contribution in [2.45, 2.75) is 32.1 Å². The lowest BCUT2D eigenvalue weighted by Crippen LogP contribution is -2.50. The number of fused-ring (bicyclic) bond motifs is 4. The van der Waals surface area contributed by atoms with E-state index in [1.54, 1.807) is 37.1 Å². The van der Waals surface area contributed by atoms with E-state index in [0.29, 0.717) is 23.5 Å². The Morgan fingerprint density at radius 2 is 2.00 bits per heavy atom. The number of nitrogens with zero attached hydrogens (tertiary/aromatic N) is 3. The number of aromatic nitrogens is 1. The van der Waals surface area contributed by atoms with E-state index in [0.717, 1.165) is 12.8 Å². The number of nitrogens with two attached hydrogens (primary N) is 1. The van der Waals surface area contributed by atoms with Gasteiger partial charge in [0.25, 0.3) is 5.56 Å². The van der Waals surface area contributed by atoms with Gasteiger partial charge in [-0.3, -0.25) is 9.59 Å². The molecule has 29 heavy (non-hydrogen) atoms. The van der Waals surface area contributed by atoms with Gasteiger partial charge in [-0.25, -0.2) is 0 Å². The van der Waals surface area contributed by atoms with Gasteiger partial charge in [0.2, 0.25) is 11.8 Å². The molecule has 2 aromatic rings. The molecule has 1 unspecified atom stereocenters. The van der Waals surface area contributed by atoms with E-state index >= 15 is 0 Å². The zero-order chi connectivity index (χ0) is 20.9. The molecule has 1 aromatic carbocycles. The molecule has 3 heterocycles. The van der Waals surface area contributed by atoms with Crippen LogP contribution in [0.5, 0.6) is 5.75 Å². The number of unbranched alkanes of at least 4 members (excludes halogenated alkanes) is 1. The SMILES string of the molecule is CCCCN1C(=O)C2(C(C#N)=C(N)Oc3cc(C)n(C)c(=O)c32)c2ccccc21. The number of rotatable bonds is 3. The van der Waals surface area contributed by atoms with Crippen molar-refractivity contribution in [2.24, 2.45) is 12.8 Å². The summed E-state index contributed by atoms with van der Waals surface area (Å²) in [6, 6.07) is 11.0. The van der Waals surface area contributed by atoms with Crippen LogP contribution in [0.3, 0.4) is 0 Å². The summed E-state index contributed by atoms with van der Waals surface area (Å²) in [5.41, 5.74) is 6.20. The summed E-state index contributed by atoms with van der Waals surface area (Å²) >= 11 is 0. The van der Waals surface area contributed by atoms with Gasteiger partial charge >= 0.3 is 0 Å². The largest absolute Gasteiger partial charge is 0.440 e. The Hall–Kier alpha value is -3.53. The molecule has 2 aliphatic rings. The Labute approximate surface area is 168 Å². The van der Waals surface area contributed by atoms with Gasteiger partial charge in [-0.1, -0.05) is 31.5 Å². The maximum Gasteiger partial charge on any atom is 0.259 e. The molecule has 1 spiro atoms. The molecule has 1 atom stereocenters. The molecule has 2 N–H and O–H groups in total. The van der Waals surface area contributed by atoms with Crippen LogP contribution in [0.4, 0.5) is 5.69 Å². The van der Waals surface area contributed by atoms with Gasteiger partial charge in [0.05, 0.1) is 5.56 Å². The first kappa shape index (κ1) is 18.8. The fourth-order valence-electron chi connectivity index (χ4n) is 4.31. The number of hydrogen-bond donors (Lipinski definition) is 1. The van der Waals surface area contributed by atoms with Crippen LogP contribution in [0.1, 0.15) is 36.6 Å². The van der Waals surface area contributed by atoms with Crippen molar-refractivity contribution < 1.29 is 9.53 Å². The maximum atomic E-state index is 14.0. The third-order valence-corrected chi connectivity index (χ3v) is 5.86. The summed E-state index contributed by atoms with van der Waals surface area (Å²) in [6.45, 7) is 4.31. The number of amides is 1. The van der Waals surface area contributed by atoms with E-state index in [1.807, 2.05) is 19.1 Å². The first-order valence-electron chi connectivity index (χ1n) is 9.60. The van der Waals surface area contributed by atoms with Crippen molar-refractivity contribution in [1.29, 1.82) is 5.26 Å². The molecule has 148 valence electrons. The van der Waals surface area contributed by atoms with Gasteiger partial charge < -0.3 is 19.9 Å². The van der Waals surface area contributed by atoms with Gasteiger partial charge in [-0.2, -0.15) is 5.26 Å². The molecule has 4 rings (SSSR count). The number of carbonyl (C=O) groups is 1. The summed E-state index contributed by atoms with van der Waals surface area (Å²) in [5, 5.41) is 9.99. The number of pyridine rings is 1. The quantitative estimate of drug-likeness (QED) is 0.866. The highest BCUT2D eigenvalue weighted by molar-refractivity contribution is 6.14. The van der Waals surface area contributed by atoms with Crippen molar-refractivity contribution in [2.75, 3.05) is 11.4 Å². The molecule has 1 amide bonds. The van der Waals surface area contributed by atoms with E-state index in [2.05, 4.69) is 6.07 Å². The normalized spacial score (nSPS) is 19.8. The van der Waals surface area contributed by atoms with Crippen LogP contribution in [0.15, 0.2) is 46.6 Å². The van der Waals surface area contributed by atoms with Crippen molar-refractivity contribution in [3.8, 4) is 11.8 Å². The molecule has 7 heteroatoms.